The molecule has 0 aliphatic carbocycles. The summed E-state index contributed by atoms with van der Waals surface area (Å²) in [5, 5.41) is 4.31. The van der Waals surface area contributed by atoms with E-state index in [1.807, 2.05) is 0 Å². The molecule has 1 unspecified atom stereocenters. The van der Waals surface area contributed by atoms with Gasteiger partial charge in [-0.25, -0.2) is 0 Å². The SMILES string of the molecule is CCC1CCCCN1c1ccc(CNC(C)C)c(Cl)c1. The van der Waals surface area contributed by atoms with Crippen molar-refractivity contribution in [2.24, 2.45) is 0 Å². The highest BCUT2D eigenvalue weighted by Gasteiger charge is 2.21. The summed E-state index contributed by atoms with van der Waals surface area (Å²) in [5.41, 5.74) is 2.48. The maximum Gasteiger partial charge on any atom is 0.0471 e. The van der Waals surface area contributed by atoms with Gasteiger partial charge in [0.25, 0.3) is 0 Å². The largest absolute Gasteiger partial charge is 0.369 e. The molecule has 0 spiro atoms. The number of nitrogens with one attached hydrogen (secondary N) is 1. The number of piperidine rings is 1. The first-order chi connectivity index (χ1) is 9.61. The van der Waals surface area contributed by atoms with E-state index in [9.17, 15) is 0 Å². The third-order valence-electron chi connectivity index (χ3n) is 4.17. The van der Waals surface area contributed by atoms with Crippen molar-refractivity contribution in [1.82, 2.24) is 5.32 Å². The molecule has 2 nitrogen and oxygen atoms in total. The normalized spacial score (nSPS) is 19.6. The summed E-state index contributed by atoms with van der Waals surface area (Å²) in [6.45, 7) is 8.60. The summed E-state index contributed by atoms with van der Waals surface area (Å²) >= 11 is 6.46. The first-order valence-electron chi connectivity index (χ1n) is 7.90. The zero-order valence-electron chi connectivity index (χ0n) is 13.0. The lowest BCUT2D eigenvalue weighted by Gasteiger charge is -2.37. The highest BCUT2D eigenvalue weighted by Crippen LogP contribution is 2.30. The van der Waals surface area contributed by atoms with Crippen molar-refractivity contribution < 1.29 is 0 Å². The van der Waals surface area contributed by atoms with Gasteiger partial charge in [0.2, 0.25) is 0 Å². The Morgan fingerprint density at radius 3 is 2.80 bits per heavy atom. The van der Waals surface area contributed by atoms with Gasteiger partial charge in [-0.15, -0.1) is 0 Å². The summed E-state index contributed by atoms with van der Waals surface area (Å²) in [6.07, 6.45) is 5.18. The molecule has 2 rings (SSSR count). The first kappa shape index (κ1) is 15.7. The molecule has 112 valence electrons. The molecule has 0 saturated carbocycles. The van der Waals surface area contributed by atoms with Crippen molar-refractivity contribution >= 4 is 17.3 Å². The minimum atomic E-state index is 0.484. The summed E-state index contributed by atoms with van der Waals surface area (Å²) in [5.74, 6) is 0. The smallest absolute Gasteiger partial charge is 0.0471 e. The third-order valence-corrected chi connectivity index (χ3v) is 4.52. The highest BCUT2D eigenvalue weighted by atomic mass is 35.5. The maximum absolute atomic E-state index is 6.46. The molecule has 1 N–H and O–H groups in total. The summed E-state index contributed by atoms with van der Waals surface area (Å²) < 4.78 is 0. The minimum absolute atomic E-state index is 0.484. The van der Waals surface area contributed by atoms with Crippen molar-refractivity contribution in [3.05, 3.63) is 28.8 Å². The number of hydrogen-bond acceptors (Lipinski definition) is 2. The van der Waals surface area contributed by atoms with Gasteiger partial charge in [0.15, 0.2) is 0 Å². The van der Waals surface area contributed by atoms with Gasteiger partial charge in [-0.1, -0.05) is 38.4 Å². The van der Waals surface area contributed by atoms with Crippen LogP contribution in [0.25, 0.3) is 0 Å². The molecule has 1 fully saturated rings. The fraction of sp³-hybridized carbons (Fsp3) is 0.647. The fourth-order valence-electron chi connectivity index (χ4n) is 2.94. The molecule has 0 radical (unpaired) electrons. The van der Waals surface area contributed by atoms with Crippen molar-refractivity contribution in [3.63, 3.8) is 0 Å². The molecule has 20 heavy (non-hydrogen) atoms. The number of nitrogens with zero attached hydrogens (tertiary/aromatic N) is 1. The maximum atomic E-state index is 6.46. The molecule has 0 amide bonds. The van der Waals surface area contributed by atoms with Crippen LogP contribution < -0.4 is 10.2 Å². The standard InChI is InChI=1S/C17H27ClN2/c1-4-15-7-5-6-10-20(15)16-9-8-14(17(18)11-16)12-19-13(2)3/h8-9,11,13,15,19H,4-7,10,12H2,1-3H3. The van der Waals surface area contributed by atoms with Gasteiger partial charge in [-0.3, -0.25) is 0 Å². The average molecular weight is 295 g/mol. The second-order valence-corrected chi connectivity index (χ2v) is 6.47. The average Bonchev–Trinajstić information content (AvgIpc) is 2.45. The van der Waals surface area contributed by atoms with Crippen LogP contribution in [0.15, 0.2) is 18.2 Å². The number of benzene rings is 1. The molecule has 1 atom stereocenters. The van der Waals surface area contributed by atoms with Gasteiger partial charge in [-0.2, -0.15) is 0 Å². The Kier molecular flexibility index (Phi) is 5.74. The second kappa shape index (κ2) is 7.33. The van der Waals surface area contributed by atoms with Gasteiger partial charge < -0.3 is 10.2 Å². The molecule has 1 saturated heterocycles. The van der Waals surface area contributed by atoms with Gasteiger partial charge in [-0.05, 0) is 43.4 Å². The molecule has 1 heterocycles. The van der Waals surface area contributed by atoms with E-state index < -0.39 is 0 Å². The number of anilines is 1. The Hall–Kier alpha value is -0.730. The Bertz CT molecular complexity index is 431. The number of hydrogen-bond donors (Lipinski definition) is 1. The Morgan fingerprint density at radius 2 is 2.15 bits per heavy atom. The minimum Gasteiger partial charge on any atom is -0.369 e. The topological polar surface area (TPSA) is 15.3 Å². The quantitative estimate of drug-likeness (QED) is 0.853. The molecular weight excluding hydrogens is 268 g/mol. The molecule has 0 bridgehead atoms. The zero-order valence-corrected chi connectivity index (χ0v) is 13.7. The van der Waals surface area contributed by atoms with Crippen LogP contribution in [-0.4, -0.2) is 18.6 Å². The van der Waals surface area contributed by atoms with Crippen LogP contribution >= 0.6 is 11.6 Å². The molecule has 1 aromatic carbocycles. The van der Waals surface area contributed by atoms with Crippen LogP contribution in [-0.2, 0) is 6.54 Å². The van der Waals surface area contributed by atoms with E-state index in [4.69, 9.17) is 11.6 Å². The predicted octanol–water partition coefficient (Wildman–Crippen LogP) is 4.61. The van der Waals surface area contributed by atoms with Crippen molar-refractivity contribution in [3.8, 4) is 0 Å². The van der Waals surface area contributed by atoms with E-state index in [1.165, 1.54) is 43.5 Å². The van der Waals surface area contributed by atoms with Crippen LogP contribution in [0, 0.1) is 0 Å². The van der Waals surface area contributed by atoms with Gasteiger partial charge >= 0.3 is 0 Å². The van der Waals surface area contributed by atoms with Crippen LogP contribution in [0.2, 0.25) is 5.02 Å². The molecule has 1 aliphatic rings. The summed E-state index contributed by atoms with van der Waals surface area (Å²) in [7, 11) is 0. The van der Waals surface area contributed by atoms with Gasteiger partial charge in [0.1, 0.15) is 0 Å². The number of halogens is 1. The molecule has 1 aliphatic heterocycles. The van der Waals surface area contributed by atoms with Crippen LogP contribution in [0.1, 0.15) is 52.0 Å². The van der Waals surface area contributed by atoms with Crippen LogP contribution in [0.3, 0.4) is 0 Å². The van der Waals surface area contributed by atoms with E-state index in [1.54, 1.807) is 0 Å². The van der Waals surface area contributed by atoms with Crippen LogP contribution in [0.5, 0.6) is 0 Å². The lowest BCUT2D eigenvalue weighted by atomic mass is 9.99. The van der Waals surface area contributed by atoms with Crippen molar-refractivity contribution in [1.29, 1.82) is 0 Å². The highest BCUT2D eigenvalue weighted by molar-refractivity contribution is 6.31. The van der Waals surface area contributed by atoms with Crippen LogP contribution in [0.4, 0.5) is 5.69 Å². The van der Waals surface area contributed by atoms with Gasteiger partial charge in [0.05, 0.1) is 0 Å². The Labute approximate surface area is 128 Å². The molecule has 1 aromatic rings. The van der Waals surface area contributed by atoms with Gasteiger partial charge in [0, 0.05) is 35.9 Å². The predicted molar refractivity (Wildman–Crippen MR) is 88.7 cm³/mol. The van der Waals surface area contributed by atoms with E-state index in [2.05, 4.69) is 49.2 Å². The molecule has 0 aromatic heterocycles. The summed E-state index contributed by atoms with van der Waals surface area (Å²) in [6, 6.07) is 7.72. The summed E-state index contributed by atoms with van der Waals surface area (Å²) in [4.78, 5) is 2.54. The lowest BCUT2D eigenvalue weighted by molar-refractivity contribution is 0.450. The van der Waals surface area contributed by atoms with E-state index in [0.717, 1.165) is 11.6 Å². The third kappa shape index (κ3) is 3.89. The fourth-order valence-corrected chi connectivity index (χ4v) is 3.18. The van der Waals surface area contributed by atoms with Crippen molar-refractivity contribution in [2.45, 2.75) is 65.1 Å². The van der Waals surface area contributed by atoms with E-state index >= 15 is 0 Å². The first-order valence-corrected chi connectivity index (χ1v) is 8.28. The molecular formula is C17H27ClN2. The zero-order chi connectivity index (χ0) is 14.5. The monoisotopic (exact) mass is 294 g/mol. The van der Waals surface area contributed by atoms with E-state index in [-0.39, 0.29) is 0 Å². The second-order valence-electron chi connectivity index (χ2n) is 6.06. The van der Waals surface area contributed by atoms with Crippen molar-refractivity contribution in [2.75, 3.05) is 11.4 Å². The Morgan fingerprint density at radius 1 is 1.35 bits per heavy atom. The van der Waals surface area contributed by atoms with E-state index in [0.29, 0.717) is 12.1 Å². The molecule has 3 heteroatoms. The number of rotatable bonds is 5. The lowest BCUT2D eigenvalue weighted by Crippen LogP contribution is -2.39. The Balaban J connectivity index is 2.11.